The molecule has 1 aliphatic carbocycles. The second kappa shape index (κ2) is 21.0. The molecule has 2 nitrogen and oxygen atoms in total. The molecule has 0 bridgehead atoms. The lowest BCUT2D eigenvalue weighted by Crippen LogP contribution is -2.35. The van der Waals surface area contributed by atoms with Crippen molar-refractivity contribution in [3.8, 4) is 0 Å². The van der Waals surface area contributed by atoms with Gasteiger partial charge in [-0.25, -0.2) is 0 Å². The maximum atomic E-state index is 6.23. The summed E-state index contributed by atoms with van der Waals surface area (Å²) in [6, 6.07) is 33.0. The van der Waals surface area contributed by atoms with E-state index in [-0.39, 0.29) is 5.41 Å². The Balaban J connectivity index is 1.44. The smallest absolute Gasteiger partial charge is 0.0316 e. The summed E-state index contributed by atoms with van der Waals surface area (Å²) >= 11 is 0. The Morgan fingerprint density at radius 3 is 1.30 bits per heavy atom. The minimum atomic E-state index is -0.0325. The topological polar surface area (TPSA) is 52.0 Å². The molecule has 2 atom stereocenters. The molecule has 4 N–H and O–H groups in total. The van der Waals surface area contributed by atoms with Gasteiger partial charge in [-0.1, -0.05) is 178 Å². The van der Waals surface area contributed by atoms with Gasteiger partial charge in [0.1, 0.15) is 0 Å². The monoisotopic (exact) mass is 727 g/mol. The molecule has 4 aromatic rings. The van der Waals surface area contributed by atoms with Crippen molar-refractivity contribution in [1.29, 1.82) is 0 Å². The van der Waals surface area contributed by atoms with Crippen molar-refractivity contribution in [3.63, 3.8) is 0 Å². The van der Waals surface area contributed by atoms with Gasteiger partial charge >= 0.3 is 0 Å². The summed E-state index contributed by atoms with van der Waals surface area (Å²) in [4.78, 5) is 0. The van der Waals surface area contributed by atoms with Crippen LogP contribution in [-0.2, 0) is 5.41 Å². The van der Waals surface area contributed by atoms with Gasteiger partial charge in [0.15, 0.2) is 0 Å². The molecule has 0 heterocycles. The molecule has 2 unspecified atom stereocenters. The van der Waals surface area contributed by atoms with E-state index in [1.807, 2.05) is 0 Å². The Bertz CT molecular complexity index is 1560. The quantitative estimate of drug-likeness (QED) is 0.0663. The Kier molecular flexibility index (Phi) is 16.2. The second-order valence-corrected chi connectivity index (χ2v) is 17.2. The number of anilines is 2. The van der Waals surface area contributed by atoms with Crippen LogP contribution in [0.15, 0.2) is 84.9 Å². The summed E-state index contributed by atoms with van der Waals surface area (Å²) in [7, 11) is 0. The lowest BCUT2D eigenvalue weighted by Gasteiger charge is -2.41. The molecule has 2 heteroatoms. The molecule has 0 aromatic heterocycles. The summed E-state index contributed by atoms with van der Waals surface area (Å²) in [5.41, 5.74) is 25.5. The Labute approximate surface area is 330 Å². The first-order valence-electron chi connectivity index (χ1n) is 22.2. The van der Waals surface area contributed by atoms with Crippen LogP contribution in [0.4, 0.5) is 11.4 Å². The third-order valence-corrected chi connectivity index (χ3v) is 13.3. The molecule has 0 spiro atoms. The number of nitrogens with two attached hydrogens (primary N) is 2. The molecule has 5 rings (SSSR count). The zero-order chi connectivity index (χ0) is 38.3. The Morgan fingerprint density at radius 1 is 0.519 bits per heavy atom. The molecule has 0 aliphatic heterocycles. The first-order valence-corrected chi connectivity index (χ1v) is 22.2. The fraction of sp³-hybridized carbons (Fsp3) is 0.538. The standard InChI is InChI=1S/C52H74N2/c1-6-8-10-12-14-19-23-50(48-35-33-46(53)37-39(48)3)41-25-29-44(30-26-41)52(5,43-21-17-16-18-22-43)45-31-27-42(28-32-45)51(24-20-15-13-11-9-7-2)49-36-34-47(54)38-40(49)4/h25-38,43,50-51H,6-24,53-54H2,1-5H3. The summed E-state index contributed by atoms with van der Waals surface area (Å²) in [5.74, 6) is 1.43. The molecule has 4 aromatic carbocycles. The van der Waals surface area contributed by atoms with E-state index in [4.69, 9.17) is 11.5 Å². The van der Waals surface area contributed by atoms with Crippen LogP contribution >= 0.6 is 0 Å². The van der Waals surface area contributed by atoms with E-state index in [0.29, 0.717) is 17.8 Å². The molecule has 0 amide bonds. The second-order valence-electron chi connectivity index (χ2n) is 17.2. The highest BCUT2D eigenvalue weighted by Crippen LogP contribution is 2.47. The molecule has 1 fully saturated rings. The highest BCUT2D eigenvalue weighted by atomic mass is 14.5. The van der Waals surface area contributed by atoms with Crippen molar-refractivity contribution in [2.75, 3.05) is 11.5 Å². The van der Waals surface area contributed by atoms with E-state index in [2.05, 4.69) is 120 Å². The number of unbranched alkanes of at least 4 members (excludes halogenated alkanes) is 10. The SMILES string of the molecule is CCCCCCCCC(c1ccc(C(C)(c2ccc(C(CCCCCCCC)c3ccc(N)cc3C)cc2)C2CCCCC2)cc1)c1ccc(N)cc1C. The maximum Gasteiger partial charge on any atom is 0.0316 e. The normalized spacial score (nSPS) is 15.9. The molecule has 0 radical (unpaired) electrons. The van der Waals surface area contributed by atoms with Gasteiger partial charge in [-0.3, -0.25) is 0 Å². The van der Waals surface area contributed by atoms with E-state index in [1.54, 1.807) is 0 Å². The van der Waals surface area contributed by atoms with E-state index in [0.717, 1.165) is 11.4 Å². The molecular formula is C52H74N2. The minimum absolute atomic E-state index is 0.0325. The van der Waals surface area contributed by atoms with Gasteiger partial charge in [0, 0.05) is 28.6 Å². The zero-order valence-corrected chi connectivity index (χ0v) is 34.9. The van der Waals surface area contributed by atoms with Crippen molar-refractivity contribution in [1.82, 2.24) is 0 Å². The molecular weight excluding hydrogens is 653 g/mol. The lowest BCUT2D eigenvalue weighted by molar-refractivity contribution is 0.254. The Hall–Kier alpha value is -3.52. The van der Waals surface area contributed by atoms with Crippen LogP contribution in [0.25, 0.3) is 0 Å². The Morgan fingerprint density at radius 2 is 0.907 bits per heavy atom. The molecule has 0 saturated heterocycles. The molecule has 292 valence electrons. The van der Waals surface area contributed by atoms with Gasteiger partial charge in [-0.05, 0) is 114 Å². The van der Waals surface area contributed by atoms with Crippen LogP contribution in [0.3, 0.4) is 0 Å². The predicted octanol–water partition coefficient (Wildman–Crippen LogP) is 15.1. The van der Waals surface area contributed by atoms with Crippen molar-refractivity contribution >= 4 is 11.4 Å². The first-order chi connectivity index (χ1) is 26.3. The van der Waals surface area contributed by atoms with Gasteiger partial charge in [0.2, 0.25) is 0 Å². The van der Waals surface area contributed by atoms with Crippen LogP contribution < -0.4 is 11.5 Å². The van der Waals surface area contributed by atoms with Crippen LogP contribution in [0.2, 0.25) is 0 Å². The highest BCUT2D eigenvalue weighted by molar-refractivity contribution is 5.51. The fourth-order valence-electron chi connectivity index (χ4n) is 9.88. The predicted molar refractivity (Wildman–Crippen MR) is 237 cm³/mol. The average molecular weight is 727 g/mol. The van der Waals surface area contributed by atoms with Gasteiger partial charge < -0.3 is 11.5 Å². The molecule has 54 heavy (non-hydrogen) atoms. The van der Waals surface area contributed by atoms with Crippen molar-refractivity contribution in [2.24, 2.45) is 5.92 Å². The van der Waals surface area contributed by atoms with Crippen LogP contribution in [-0.4, -0.2) is 0 Å². The number of benzene rings is 4. The van der Waals surface area contributed by atoms with Crippen molar-refractivity contribution in [2.45, 2.75) is 174 Å². The average Bonchev–Trinajstić information content (AvgIpc) is 3.18. The van der Waals surface area contributed by atoms with Crippen LogP contribution in [0, 0.1) is 19.8 Å². The van der Waals surface area contributed by atoms with Gasteiger partial charge in [0.25, 0.3) is 0 Å². The van der Waals surface area contributed by atoms with E-state index >= 15 is 0 Å². The minimum Gasteiger partial charge on any atom is -0.399 e. The third-order valence-electron chi connectivity index (χ3n) is 13.3. The number of hydrogen-bond acceptors (Lipinski definition) is 2. The van der Waals surface area contributed by atoms with Crippen LogP contribution in [0.1, 0.15) is 199 Å². The zero-order valence-electron chi connectivity index (χ0n) is 34.9. The molecule has 1 aliphatic rings. The van der Waals surface area contributed by atoms with Gasteiger partial charge in [-0.15, -0.1) is 0 Å². The van der Waals surface area contributed by atoms with Gasteiger partial charge in [-0.2, -0.15) is 0 Å². The van der Waals surface area contributed by atoms with Crippen molar-refractivity contribution < 1.29 is 0 Å². The first kappa shape index (κ1) is 41.6. The number of rotatable bonds is 21. The number of hydrogen-bond donors (Lipinski definition) is 2. The lowest BCUT2D eigenvalue weighted by atomic mass is 9.62. The maximum absolute atomic E-state index is 6.23. The fourth-order valence-corrected chi connectivity index (χ4v) is 9.88. The van der Waals surface area contributed by atoms with E-state index in [1.165, 1.54) is 167 Å². The van der Waals surface area contributed by atoms with E-state index in [9.17, 15) is 0 Å². The third kappa shape index (κ3) is 10.8. The summed E-state index contributed by atoms with van der Waals surface area (Å²) < 4.78 is 0. The van der Waals surface area contributed by atoms with Crippen molar-refractivity contribution in [3.05, 3.63) is 129 Å². The highest BCUT2D eigenvalue weighted by Gasteiger charge is 2.38. The summed E-state index contributed by atoms with van der Waals surface area (Å²) in [6.07, 6.45) is 24.9. The number of nitrogen functional groups attached to an aromatic ring is 2. The summed E-state index contributed by atoms with van der Waals surface area (Å²) in [6.45, 7) is 11.6. The van der Waals surface area contributed by atoms with E-state index < -0.39 is 0 Å². The van der Waals surface area contributed by atoms with Gasteiger partial charge in [0.05, 0.1) is 0 Å². The summed E-state index contributed by atoms with van der Waals surface area (Å²) in [5, 5.41) is 0. The van der Waals surface area contributed by atoms with Crippen LogP contribution in [0.5, 0.6) is 0 Å². The molecule has 1 saturated carbocycles. The number of aryl methyl sites for hydroxylation is 2. The largest absolute Gasteiger partial charge is 0.399 e.